The van der Waals surface area contributed by atoms with Crippen molar-refractivity contribution in [2.45, 2.75) is 31.5 Å². The first-order chi connectivity index (χ1) is 7.48. The van der Waals surface area contributed by atoms with Gasteiger partial charge < -0.3 is 5.32 Å². The summed E-state index contributed by atoms with van der Waals surface area (Å²) in [5.41, 5.74) is -0.673. The molecule has 0 bridgehead atoms. The second-order valence-corrected chi connectivity index (χ2v) is 4.34. The van der Waals surface area contributed by atoms with Gasteiger partial charge in [0.2, 0.25) is 0 Å². The first-order valence-electron chi connectivity index (χ1n) is 5.11. The average Bonchev–Trinajstić information content (AvgIpc) is 2.11. The molecule has 0 radical (unpaired) electrons. The second kappa shape index (κ2) is 4.17. The van der Waals surface area contributed by atoms with E-state index in [0.29, 0.717) is 0 Å². The Morgan fingerprint density at radius 3 is 2.44 bits per heavy atom. The van der Waals surface area contributed by atoms with Gasteiger partial charge in [-0.3, -0.25) is 0 Å². The van der Waals surface area contributed by atoms with Gasteiger partial charge in [0.15, 0.2) is 0 Å². The lowest BCUT2D eigenvalue weighted by molar-refractivity contribution is -0.137. The summed E-state index contributed by atoms with van der Waals surface area (Å²) in [6, 6.07) is 3.96. The van der Waals surface area contributed by atoms with E-state index < -0.39 is 11.7 Å². The molecule has 5 heteroatoms. The van der Waals surface area contributed by atoms with E-state index >= 15 is 0 Å². The standard InChI is InChI=1S/C11H11ClF3N/c12-9-6-2-5-8(11(13,14)15)10(9)16-7-3-1-4-7/h2,5-7,16H,1,3-4H2. The van der Waals surface area contributed by atoms with Crippen molar-refractivity contribution in [3.8, 4) is 0 Å². The van der Waals surface area contributed by atoms with Crippen LogP contribution < -0.4 is 5.32 Å². The van der Waals surface area contributed by atoms with E-state index in [9.17, 15) is 13.2 Å². The predicted octanol–water partition coefficient (Wildman–Crippen LogP) is 4.32. The molecule has 0 atom stereocenters. The van der Waals surface area contributed by atoms with Crippen LogP contribution in [-0.2, 0) is 6.18 Å². The molecule has 1 aliphatic rings. The fourth-order valence-electron chi connectivity index (χ4n) is 1.66. The Bertz CT molecular complexity index is 385. The maximum Gasteiger partial charge on any atom is 0.418 e. The van der Waals surface area contributed by atoms with Crippen LogP contribution in [0.1, 0.15) is 24.8 Å². The van der Waals surface area contributed by atoms with Crippen molar-refractivity contribution in [2.75, 3.05) is 5.32 Å². The zero-order chi connectivity index (χ0) is 11.8. The fourth-order valence-corrected chi connectivity index (χ4v) is 1.89. The number of benzene rings is 1. The van der Waals surface area contributed by atoms with Gasteiger partial charge >= 0.3 is 6.18 Å². The minimum Gasteiger partial charge on any atom is -0.381 e. The number of halogens is 4. The number of hydrogen-bond acceptors (Lipinski definition) is 1. The first-order valence-corrected chi connectivity index (χ1v) is 5.48. The number of nitrogens with one attached hydrogen (secondary N) is 1. The largest absolute Gasteiger partial charge is 0.418 e. The smallest absolute Gasteiger partial charge is 0.381 e. The van der Waals surface area contributed by atoms with E-state index in [-0.39, 0.29) is 16.8 Å². The third-order valence-corrected chi connectivity index (χ3v) is 3.09. The summed E-state index contributed by atoms with van der Waals surface area (Å²) >= 11 is 5.80. The SMILES string of the molecule is FC(F)(F)c1cccc(Cl)c1NC1CCC1. The number of rotatable bonds is 2. The lowest BCUT2D eigenvalue weighted by Gasteiger charge is -2.29. The topological polar surface area (TPSA) is 12.0 Å². The highest BCUT2D eigenvalue weighted by Gasteiger charge is 2.35. The molecule has 0 aliphatic heterocycles. The molecule has 1 aromatic carbocycles. The van der Waals surface area contributed by atoms with Crippen LogP contribution in [-0.4, -0.2) is 6.04 Å². The summed E-state index contributed by atoms with van der Waals surface area (Å²) in [5.74, 6) is 0. The number of alkyl halides is 3. The molecule has 1 fully saturated rings. The quantitative estimate of drug-likeness (QED) is 0.823. The van der Waals surface area contributed by atoms with Crippen LogP contribution in [0.25, 0.3) is 0 Å². The summed E-state index contributed by atoms with van der Waals surface area (Å²) in [4.78, 5) is 0. The van der Waals surface area contributed by atoms with Gasteiger partial charge in [0, 0.05) is 6.04 Å². The van der Waals surface area contributed by atoms with Crippen molar-refractivity contribution < 1.29 is 13.2 Å². The maximum absolute atomic E-state index is 12.7. The van der Waals surface area contributed by atoms with Gasteiger partial charge in [0.25, 0.3) is 0 Å². The number of para-hydroxylation sites is 1. The molecule has 1 saturated carbocycles. The van der Waals surface area contributed by atoms with Gasteiger partial charge in [-0.15, -0.1) is 0 Å². The normalized spacial score (nSPS) is 17.0. The summed E-state index contributed by atoms with van der Waals surface area (Å²) in [6.07, 6.45) is -1.49. The molecular weight excluding hydrogens is 239 g/mol. The molecule has 88 valence electrons. The van der Waals surface area contributed by atoms with Crippen LogP contribution in [0.2, 0.25) is 5.02 Å². The molecule has 0 amide bonds. The number of anilines is 1. The Kier molecular flexibility index (Phi) is 3.02. The molecule has 1 aliphatic carbocycles. The van der Waals surface area contributed by atoms with Crippen molar-refractivity contribution in [3.63, 3.8) is 0 Å². The highest BCUT2D eigenvalue weighted by Crippen LogP contribution is 2.39. The molecule has 1 aromatic rings. The van der Waals surface area contributed by atoms with E-state index in [1.165, 1.54) is 12.1 Å². The summed E-state index contributed by atoms with van der Waals surface area (Å²) in [6.45, 7) is 0. The zero-order valence-electron chi connectivity index (χ0n) is 8.44. The van der Waals surface area contributed by atoms with Gasteiger partial charge in [-0.2, -0.15) is 13.2 Å². The van der Waals surface area contributed by atoms with E-state index in [2.05, 4.69) is 5.32 Å². The van der Waals surface area contributed by atoms with Crippen LogP contribution in [0.3, 0.4) is 0 Å². The van der Waals surface area contributed by atoms with Crippen molar-refractivity contribution in [2.24, 2.45) is 0 Å². The van der Waals surface area contributed by atoms with Gasteiger partial charge in [-0.25, -0.2) is 0 Å². The van der Waals surface area contributed by atoms with Gasteiger partial charge in [0.1, 0.15) is 0 Å². The molecule has 0 spiro atoms. The molecule has 0 aromatic heterocycles. The van der Waals surface area contributed by atoms with Crippen LogP contribution >= 0.6 is 11.6 Å². The van der Waals surface area contributed by atoms with E-state index in [4.69, 9.17) is 11.6 Å². The summed E-state index contributed by atoms with van der Waals surface area (Å²) < 4.78 is 38.1. The third kappa shape index (κ3) is 2.26. The first kappa shape index (κ1) is 11.6. The van der Waals surface area contributed by atoms with E-state index in [0.717, 1.165) is 25.3 Å². The molecule has 1 N–H and O–H groups in total. The lowest BCUT2D eigenvalue weighted by Crippen LogP contribution is -2.28. The fraction of sp³-hybridized carbons (Fsp3) is 0.455. The predicted molar refractivity (Wildman–Crippen MR) is 57.7 cm³/mol. The Morgan fingerprint density at radius 2 is 1.94 bits per heavy atom. The number of hydrogen-bond donors (Lipinski definition) is 1. The summed E-state index contributed by atoms with van der Waals surface area (Å²) in [7, 11) is 0. The summed E-state index contributed by atoms with van der Waals surface area (Å²) in [5, 5.41) is 3.00. The Morgan fingerprint density at radius 1 is 1.25 bits per heavy atom. The van der Waals surface area contributed by atoms with Crippen molar-refractivity contribution in [1.82, 2.24) is 0 Å². The maximum atomic E-state index is 12.7. The Labute approximate surface area is 96.6 Å². The lowest BCUT2D eigenvalue weighted by atomic mass is 9.92. The van der Waals surface area contributed by atoms with Crippen LogP contribution in [0.15, 0.2) is 18.2 Å². The van der Waals surface area contributed by atoms with E-state index in [1.54, 1.807) is 0 Å². The molecule has 16 heavy (non-hydrogen) atoms. The molecule has 1 nitrogen and oxygen atoms in total. The molecule has 2 rings (SSSR count). The molecular formula is C11H11ClF3N. The van der Waals surface area contributed by atoms with Crippen molar-refractivity contribution >= 4 is 17.3 Å². The van der Waals surface area contributed by atoms with Crippen LogP contribution in [0.5, 0.6) is 0 Å². The van der Waals surface area contributed by atoms with Crippen molar-refractivity contribution in [1.29, 1.82) is 0 Å². The van der Waals surface area contributed by atoms with Gasteiger partial charge in [0.05, 0.1) is 16.3 Å². The second-order valence-electron chi connectivity index (χ2n) is 3.93. The Balaban J connectivity index is 2.32. The monoisotopic (exact) mass is 249 g/mol. The minimum atomic E-state index is -4.36. The molecule has 0 unspecified atom stereocenters. The molecule has 0 saturated heterocycles. The van der Waals surface area contributed by atoms with Crippen molar-refractivity contribution in [3.05, 3.63) is 28.8 Å². The highest BCUT2D eigenvalue weighted by atomic mass is 35.5. The van der Waals surface area contributed by atoms with Crippen LogP contribution in [0.4, 0.5) is 18.9 Å². The highest BCUT2D eigenvalue weighted by molar-refractivity contribution is 6.33. The third-order valence-electron chi connectivity index (χ3n) is 2.77. The van der Waals surface area contributed by atoms with Gasteiger partial charge in [-0.05, 0) is 31.4 Å². The minimum absolute atomic E-state index is 0.0152. The van der Waals surface area contributed by atoms with E-state index in [1.807, 2.05) is 0 Å². The molecule has 0 heterocycles. The Hall–Kier alpha value is -0.900. The zero-order valence-corrected chi connectivity index (χ0v) is 9.20. The van der Waals surface area contributed by atoms with Gasteiger partial charge in [-0.1, -0.05) is 17.7 Å². The van der Waals surface area contributed by atoms with Crippen LogP contribution in [0, 0.1) is 0 Å². The average molecular weight is 250 g/mol.